The summed E-state index contributed by atoms with van der Waals surface area (Å²) < 4.78 is 13.5. The summed E-state index contributed by atoms with van der Waals surface area (Å²) in [6.07, 6.45) is 0.880. The molecule has 2 aromatic carbocycles. The predicted molar refractivity (Wildman–Crippen MR) is 119 cm³/mol. The zero-order chi connectivity index (χ0) is 21.8. The van der Waals surface area contributed by atoms with E-state index >= 15 is 0 Å². The Labute approximate surface area is 181 Å². The van der Waals surface area contributed by atoms with Gasteiger partial charge in [0.15, 0.2) is 5.69 Å². The molecule has 0 atom stereocenters. The lowest BCUT2D eigenvalue weighted by molar-refractivity contribution is -0.684. The van der Waals surface area contributed by atoms with Crippen molar-refractivity contribution in [1.82, 2.24) is 0 Å². The van der Waals surface area contributed by atoms with Crippen LogP contribution in [-0.4, -0.2) is 18.4 Å². The standard InChI is InChI=1S/C24H28NO4S/c1-15(2)10-11-28-24-20-9-7-6-8-19(20)23(29-18(5)26)12-21(24)22(27)13-25-14-30-17(4)16(25)3/h6-9,12,14-15H,10-11,13H2,1-5H3/q+1. The maximum atomic E-state index is 13.3. The number of hydrogen-bond acceptors (Lipinski definition) is 5. The van der Waals surface area contributed by atoms with Crippen LogP contribution in [0.4, 0.5) is 0 Å². The number of Topliss-reactive ketones (excluding diaryl/α,β-unsaturated/α-hetero) is 1. The molecule has 0 N–H and O–H groups in total. The third-order valence-corrected chi connectivity index (χ3v) is 6.07. The van der Waals surface area contributed by atoms with E-state index in [-0.39, 0.29) is 12.3 Å². The van der Waals surface area contributed by atoms with Crippen LogP contribution in [0, 0.1) is 19.8 Å². The van der Waals surface area contributed by atoms with Gasteiger partial charge in [-0.25, -0.2) is 0 Å². The zero-order valence-corrected chi connectivity index (χ0v) is 19.0. The average Bonchev–Trinajstić information content (AvgIpc) is 3.00. The highest BCUT2D eigenvalue weighted by Crippen LogP contribution is 2.37. The summed E-state index contributed by atoms with van der Waals surface area (Å²) in [4.78, 5) is 26.2. The molecule has 5 nitrogen and oxygen atoms in total. The highest BCUT2D eigenvalue weighted by molar-refractivity contribution is 7.09. The smallest absolute Gasteiger partial charge is 0.308 e. The lowest BCUT2D eigenvalue weighted by atomic mass is 10.0. The third kappa shape index (κ3) is 4.87. The van der Waals surface area contributed by atoms with Gasteiger partial charge < -0.3 is 9.47 Å². The molecular formula is C24H28NO4S+. The van der Waals surface area contributed by atoms with Crippen LogP contribution in [0.15, 0.2) is 35.8 Å². The van der Waals surface area contributed by atoms with Crippen molar-refractivity contribution < 1.29 is 23.6 Å². The van der Waals surface area contributed by atoms with E-state index in [4.69, 9.17) is 9.47 Å². The van der Waals surface area contributed by atoms with Gasteiger partial charge in [0.1, 0.15) is 11.5 Å². The summed E-state index contributed by atoms with van der Waals surface area (Å²) in [6.45, 7) is 10.4. The fourth-order valence-electron chi connectivity index (χ4n) is 3.22. The van der Waals surface area contributed by atoms with Crippen LogP contribution in [0.5, 0.6) is 11.5 Å². The minimum absolute atomic E-state index is 0.0837. The van der Waals surface area contributed by atoms with E-state index < -0.39 is 5.97 Å². The Balaban J connectivity index is 2.09. The van der Waals surface area contributed by atoms with Gasteiger partial charge in [0.25, 0.3) is 0 Å². The van der Waals surface area contributed by atoms with Crippen LogP contribution in [0.2, 0.25) is 0 Å². The minimum Gasteiger partial charge on any atom is -0.492 e. The Morgan fingerprint density at radius 1 is 1.13 bits per heavy atom. The molecule has 0 bridgehead atoms. The number of carbonyl (C=O) groups is 2. The monoisotopic (exact) mass is 426 g/mol. The Kier molecular flexibility index (Phi) is 6.87. The Hall–Kier alpha value is -2.73. The first-order chi connectivity index (χ1) is 14.3. The van der Waals surface area contributed by atoms with Crippen LogP contribution in [0.3, 0.4) is 0 Å². The first-order valence-corrected chi connectivity index (χ1v) is 11.0. The second-order valence-corrected chi connectivity index (χ2v) is 8.90. The fourth-order valence-corrected chi connectivity index (χ4v) is 4.02. The van der Waals surface area contributed by atoms with Crippen LogP contribution in [0.25, 0.3) is 10.8 Å². The maximum absolute atomic E-state index is 13.3. The Morgan fingerprint density at radius 2 is 1.83 bits per heavy atom. The number of thiazole rings is 1. The van der Waals surface area contributed by atoms with E-state index in [0.717, 1.165) is 22.9 Å². The Bertz CT molecular complexity index is 1080. The molecule has 0 fully saturated rings. The third-order valence-electron chi connectivity index (χ3n) is 5.06. The van der Waals surface area contributed by atoms with Crippen molar-refractivity contribution in [3.05, 3.63) is 52.0 Å². The molecule has 3 rings (SSSR count). The minimum atomic E-state index is -0.425. The first-order valence-electron chi connectivity index (χ1n) is 10.1. The number of aryl methyl sites for hydroxylation is 1. The highest BCUT2D eigenvalue weighted by atomic mass is 32.1. The first kappa shape index (κ1) is 22.0. The predicted octanol–water partition coefficient (Wildman–Crippen LogP) is 5.04. The van der Waals surface area contributed by atoms with Crippen molar-refractivity contribution in [3.8, 4) is 11.5 Å². The highest BCUT2D eigenvalue weighted by Gasteiger charge is 2.24. The van der Waals surface area contributed by atoms with E-state index in [9.17, 15) is 9.59 Å². The molecule has 3 aromatic rings. The zero-order valence-electron chi connectivity index (χ0n) is 18.2. The van der Waals surface area contributed by atoms with E-state index in [1.54, 1.807) is 17.4 Å². The van der Waals surface area contributed by atoms with Gasteiger partial charge in [-0.3, -0.25) is 9.59 Å². The van der Waals surface area contributed by atoms with Gasteiger partial charge in [-0.05, 0) is 25.3 Å². The lowest BCUT2D eigenvalue weighted by Gasteiger charge is -2.16. The molecule has 1 heterocycles. The summed E-state index contributed by atoms with van der Waals surface area (Å²) in [5, 5.41) is 1.52. The maximum Gasteiger partial charge on any atom is 0.308 e. The van der Waals surface area contributed by atoms with Crippen LogP contribution >= 0.6 is 11.3 Å². The number of ether oxygens (including phenoxy) is 2. The summed E-state index contributed by atoms with van der Waals surface area (Å²) in [5.41, 5.74) is 3.46. The summed E-state index contributed by atoms with van der Waals surface area (Å²) in [6, 6.07) is 9.19. The van der Waals surface area contributed by atoms with Gasteiger partial charge in [-0.1, -0.05) is 49.4 Å². The molecule has 6 heteroatoms. The summed E-state index contributed by atoms with van der Waals surface area (Å²) in [5.74, 6) is 0.909. The number of aromatic nitrogens is 1. The van der Waals surface area contributed by atoms with Crippen LogP contribution < -0.4 is 14.0 Å². The van der Waals surface area contributed by atoms with E-state index in [1.807, 2.05) is 48.2 Å². The van der Waals surface area contributed by atoms with Crippen molar-refractivity contribution in [3.63, 3.8) is 0 Å². The van der Waals surface area contributed by atoms with E-state index in [0.29, 0.717) is 29.6 Å². The van der Waals surface area contributed by atoms with Gasteiger partial charge >= 0.3 is 5.97 Å². The number of ketones is 1. The average molecular weight is 427 g/mol. The molecule has 0 amide bonds. The number of hydrogen-bond donors (Lipinski definition) is 0. The number of rotatable bonds is 8. The second kappa shape index (κ2) is 9.39. The van der Waals surface area contributed by atoms with Gasteiger partial charge in [0.05, 0.1) is 17.0 Å². The SMILES string of the molecule is CC(=O)Oc1cc(C(=O)C[n+]2csc(C)c2C)c(OCCC(C)C)c2ccccc12. The number of esters is 1. The normalized spacial score (nSPS) is 11.1. The number of nitrogens with zero attached hydrogens (tertiary/aromatic N) is 1. The van der Waals surface area contributed by atoms with Crippen molar-refractivity contribution in [2.75, 3.05) is 6.61 Å². The fraction of sp³-hybridized carbons (Fsp3) is 0.375. The Morgan fingerprint density at radius 3 is 2.43 bits per heavy atom. The number of fused-ring (bicyclic) bond motifs is 1. The lowest BCUT2D eigenvalue weighted by Crippen LogP contribution is -2.38. The van der Waals surface area contributed by atoms with Gasteiger partial charge in [-0.15, -0.1) is 0 Å². The van der Waals surface area contributed by atoms with Crippen LogP contribution in [-0.2, 0) is 11.3 Å². The van der Waals surface area contributed by atoms with Gasteiger partial charge in [0.2, 0.25) is 17.8 Å². The number of benzene rings is 2. The van der Waals surface area contributed by atoms with Crippen LogP contribution in [0.1, 0.15) is 48.1 Å². The molecule has 0 aliphatic carbocycles. The topological polar surface area (TPSA) is 56.5 Å². The largest absolute Gasteiger partial charge is 0.492 e. The van der Waals surface area contributed by atoms with Gasteiger partial charge in [-0.2, -0.15) is 4.57 Å². The molecule has 0 aliphatic rings. The summed E-state index contributed by atoms with van der Waals surface area (Å²) in [7, 11) is 0. The van der Waals surface area contributed by atoms with Crippen molar-refractivity contribution in [1.29, 1.82) is 0 Å². The molecule has 0 saturated carbocycles. The molecule has 0 saturated heterocycles. The van der Waals surface area contributed by atoms with Crippen molar-refractivity contribution in [2.24, 2.45) is 5.92 Å². The molecule has 1 aromatic heterocycles. The van der Waals surface area contributed by atoms with Gasteiger partial charge in [0, 0.05) is 24.6 Å². The van der Waals surface area contributed by atoms with E-state index in [1.165, 1.54) is 11.8 Å². The molecular weight excluding hydrogens is 398 g/mol. The molecule has 158 valence electrons. The molecule has 0 unspecified atom stereocenters. The molecule has 0 spiro atoms. The quantitative estimate of drug-likeness (QED) is 0.219. The molecule has 0 radical (unpaired) electrons. The van der Waals surface area contributed by atoms with Crippen molar-refractivity contribution >= 4 is 33.9 Å². The number of carbonyl (C=O) groups excluding carboxylic acids is 2. The second-order valence-electron chi connectivity index (χ2n) is 7.84. The van der Waals surface area contributed by atoms with Crippen molar-refractivity contribution in [2.45, 2.75) is 47.6 Å². The van der Waals surface area contributed by atoms with E-state index in [2.05, 4.69) is 13.8 Å². The molecule has 0 aliphatic heterocycles. The molecule has 30 heavy (non-hydrogen) atoms. The summed E-state index contributed by atoms with van der Waals surface area (Å²) >= 11 is 1.61.